The van der Waals surface area contributed by atoms with Crippen LogP contribution in [0.2, 0.25) is 0 Å². The van der Waals surface area contributed by atoms with Crippen molar-refractivity contribution in [1.82, 2.24) is 10.6 Å². The molecule has 0 fully saturated rings. The molecule has 0 saturated carbocycles. The number of amides is 1. The molecule has 0 saturated heterocycles. The van der Waals surface area contributed by atoms with E-state index >= 15 is 0 Å². The minimum Gasteiger partial charge on any atom is -0.366 e. The van der Waals surface area contributed by atoms with Crippen LogP contribution in [0.1, 0.15) is 27.0 Å². The summed E-state index contributed by atoms with van der Waals surface area (Å²) in [6.45, 7) is 2.77. The fraction of sp³-hybridized carbons (Fsp3) is 0.222. The van der Waals surface area contributed by atoms with E-state index in [-0.39, 0.29) is 5.82 Å². The van der Waals surface area contributed by atoms with E-state index in [0.717, 1.165) is 11.1 Å². The SMILES string of the molecule is CN=C(NCc1cccc(C(N)=O)c1)NCc1ccc(F)c(C)c1. The average molecular weight is 328 g/mol. The second-order valence-corrected chi connectivity index (χ2v) is 5.43. The molecule has 0 atom stereocenters. The maximum atomic E-state index is 13.3. The van der Waals surface area contributed by atoms with Crippen molar-refractivity contribution in [3.8, 4) is 0 Å². The average Bonchev–Trinajstić information content (AvgIpc) is 2.58. The molecule has 2 aromatic carbocycles. The van der Waals surface area contributed by atoms with Crippen LogP contribution in [0.3, 0.4) is 0 Å². The molecule has 0 spiro atoms. The monoisotopic (exact) mass is 328 g/mol. The van der Waals surface area contributed by atoms with Gasteiger partial charge in [-0.05, 0) is 41.8 Å². The third-order valence-corrected chi connectivity index (χ3v) is 3.58. The normalized spacial score (nSPS) is 11.2. The lowest BCUT2D eigenvalue weighted by atomic mass is 10.1. The second kappa shape index (κ2) is 8.10. The van der Waals surface area contributed by atoms with Crippen molar-refractivity contribution >= 4 is 11.9 Å². The number of nitrogens with one attached hydrogen (secondary N) is 2. The summed E-state index contributed by atoms with van der Waals surface area (Å²) < 4.78 is 13.3. The Bertz CT molecular complexity index is 758. The van der Waals surface area contributed by atoms with Crippen LogP contribution in [0.4, 0.5) is 4.39 Å². The van der Waals surface area contributed by atoms with Gasteiger partial charge in [-0.2, -0.15) is 0 Å². The van der Waals surface area contributed by atoms with Gasteiger partial charge in [-0.25, -0.2) is 4.39 Å². The highest BCUT2D eigenvalue weighted by Gasteiger charge is 2.04. The van der Waals surface area contributed by atoms with Gasteiger partial charge in [0.2, 0.25) is 5.91 Å². The lowest BCUT2D eigenvalue weighted by Crippen LogP contribution is -2.36. The van der Waals surface area contributed by atoms with Crippen LogP contribution < -0.4 is 16.4 Å². The number of guanidine groups is 1. The Balaban J connectivity index is 1.91. The number of nitrogens with two attached hydrogens (primary N) is 1. The van der Waals surface area contributed by atoms with Crippen LogP contribution in [-0.4, -0.2) is 18.9 Å². The summed E-state index contributed by atoms with van der Waals surface area (Å²) in [6.07, 6.45) is 0. The first-order chi connectivity index (χ1) is 11.5. The summed E-state index contributed by atoms with van der Waals surface area (Å²) in [4.78, 5) is 15.3. The first-order valence-corrected chi connectivity index (χ1v) is 7.58. The summed E-state index contributed by atoms with van der Waals surface area (Å²) >= 11 is 0. The Morgan fingerprint density at radius 1 is 1.12 bits per heavy atom. The van der Waals surface area contributed by atoms with Gasteiger partial charge < -0.3 is 16.4 Å². The Kier molecular flexibility index (Phi) is 5.89. The Labute approximate surface area is 140 Å². The van der Waals surface area contributed by atoms with Crippen LogP contribution in [0, 0.1) is 12.7 Å². The topological polar surface area (TPSA) is 79.5 Å². The van der Waals surface area contributed by atoms with E-state index in [2.05, 4.69) is 15.6 Å². The standard InChI is InChI=1S/C18H21FN4O/c1-12-8-14(6-7-16(12)19)11-23-18(21-2)22-10-13-4-3-5-15(9-13)17(20)24/h3-9H,10-11H2,1-2H3,(H2,20,24)(H2,21,22,23). The minimum atomic E-state index is -0.453. The van der Waals surface area contributed by atoms with Crippen LogP contribution >= 0.6 is 0 Å². The van der Waals surface area contributed by atoms with E-state index in [1.807, 2.05) is 6.07 Å². The molecular weight excluding hydrogens is 307 g/mol. The van der Waals surface area contributed by atoms with Crippen molar-refractivity contribution < 1.29 is 9.18 Å². The van der Waals surface area contributed by atoms with Crippen LogP contribution in [0.25, 0.3) is 0 Å². The van der Waals surface area contributed by atoms with Gasteiger partial charge in [0.1, 0.15) is 5.82 Å². The number of aliphatic imine (C=N–C) groups is 1. The zero-order valence-electron chi connectivity index (χ0n) is 13.8. The molecule has 0 aromatic heterocycles. The van der Waals surface area contributed by atoms with Gasteiger partial charge in [-0.3, -0.25) is 9.79 Å². The smallest absolute Gasteiger partial charge is 0.248 e. The van der Waals surface area contributed by atoms with Gasteiger partial charge >= 0.3 is 0 Å². The molecule has 2 rings (SSSR count). The quantitative estimate of drug-likeness (QED) is 0.581. The summed E-state index contributed by atoms with van der Waals surface area (Å²) in [6, 6.07) is 12.1. The van der Waals surface area contributed by atoms with Crippen LogP contribution in [0.15, 0.2) is 47.5 Å². The van der Waals surface area contributed by atoms with Gasteiger partial charge in [-0.15, -0.1) is 0 Å². The van der Waals surface area contributed by atoms with Crippen molar-refractivity contribution in [2.75, 3.05) is 7.05 Å². The highest BCUT2D eigenvalue weighted by molar-refractivity contribution is 5.92. The number of hydrogen-bond acceptors (Lipinski definition) is 2. The van der Waals surface area contributed by atoms with Gasteiger partial charge in [0.25, 0.3) is 0 Å². The number of halogens is 1. The van der Waals surface area contributed by atoms with Crippen molar-refractivity contribution in [2.45, 2.75) is 20.0 Å². The zero-order chi connectivity index (χ0) is 17.5. The number of carbonyl (C=O) groups is 1. The third-order valence-electron chi connectivity index (χ3n) is 3.58. The number of benzene rings is 2. The maximum absolute atomic E-state index is 13.3. The van der Waals surface area contributed by atoms with Crippen LogP contribution in [0.5, 0.6) is 0 Å². The molecule has 0 aliphatic heterocycles. The molecule has 0 aliphatic rings. The van der Waals surface area contributed by atoms with Gasteiger partial charge in [0.15, 0.2) is 5.96 Å². The van der Waals surface area contributed by atoms with E-state index in [1.165, 1.54) is 6.07 Å². The van der Waals surface area contributed by atoms with Gasteiger partial charge in [0, 0.05) is 25.7 Å². The molecule has 0 aliphatic carbocycles. The molecule has 4 N–H and O–H groups in total. The molecule has 0 heterocycles. The summed E-state index contributed by atoms with van der Waals surface area (Å²) in [7, 11) is 1.67. The zero-order valence-corrected chi connectivity index (χ0v) is 13.8. The fourth-order valence-electron chi connectivity index (χ4n) is 2.24. The number of primary amides is 1. The molecule has 5 nitrogen and oxygen atoms in total. The van der Waals surface area contributed by atoms with Crippen molar-refractivity contribution in [3.63, 3.8) is 0 Å². The largest absolute Gasteiger partial charge is 0.366 e. The lowest BCUT2D eigenvalue weighted by Gasteiger charge is -2.13. The number of aryl methyl sites for hydroxylation is 1. The predicted octanol–water partition coefficient (Wildman–Crippen LogP) is 2.10. The fourth-order valence-corrected chi connectivity index (χ4v) is 2.24. The molecule has 0 bridgehead atoms. The van der Waals surface area contributed by atoms with Crippen molar-refractivity contribution in [2.24, 2.45) is 10.7 Å². The van der Waals surface area contributed by atoms with E-state index in [9.17, 15) is 9.18 Å². The molecule has 0 radical (unpaired) electrons. The Morgan fingerprint density at radius 3 is 2.38 bits per heavy atom. The molecule has 6 heteroatoms. The number of rotatable bonds is 5. The minimum absolute atomic E-state index is 0.212. The highest BCUT2D eigenvalue weighted by atomic mass is 19.1. The molecule has 1 amide bonds. The van der Waals surface area contributed by atoms with E-state index in [1.54, 1.807) is 44.3 Å². The summed E-state index contributed by atoms with van der Waals surface area (Å²) in [5, 5.41) is 6.33. The number of nitrogens with zero attached hydrogens (tertiary/aromatic N) is 1. The second-order valence-electron chi connectivity index (χ2n) is 5.43. The number of carbonyl (C=O) groups excluding carboxylic acids is 1. The molecule has 0 unspecified atom stereocenters. The highest BCUT2D eigenvalue weighted by Crippen LogP contribution is 2.09. The Hall–Kier alpha value is -2.89. The molecular formula is C18H21FN4O. The maximum Gasteiger partial charge on any atom is 0.248 e. The van der Waals surface area contributed by atoms with E-state index < -0.39 is 5.91 Å². The Morgan fingerprint density at radius 2 is 1.79 bits per heavy atom. The lowest BCUT2D eigenvalue weighted by molar-refractivity contribution is 0.1000. The first-order valence-electron chi connectivity index (χ1n) is 7.58. The van der Waals surface area contributed by atoms with Gasteiger partial charge in [-0.1, -0.05) is 24.3 Å². The first kappa shape index (κ1) is 17.5. The molecule has 126 valence electrons. The van der Waals surface area contributed by atoms with E-state index in [4.69, 9.17) is 5.73 Å². The molecule has 24 heavy (non-hydrogen) atoms. The third kappa shape index (κ3) is 4.81. The molecule has 2 aromatic rings. The number of hydrogen-bond donors (Lipinski definition) is 3. The predicted molar refractivity (Wildman–Crippen MR) is 93.1 cm³/mol. The van der Waals surface area contributed by atoms with Gasteiger partial charge in [0.05, 0.1) is 0 Å². The van der Waals surface area contributed by atoms with Crippen molar-refractivity contribution in [1.29, 1.82) is 0 Å². The summed E-state index contributed by atoms with van der Waals surface area (Å²) in [5.41, 5.74) is 8.25. The summed E-state index contributed by atoms with van der Waals surface area (Å²) in [5.74, 6) is -0.0527. The van der Waals surface area contributed by atoms with Crippen LogP contribution in [-0.2, 0) is 13.1 Å². The van der Waals surface area contributed by atoms with Crippen molar-refractivity contribution in [3.05, 3.63) is 70.5 Å². The van der Waals surface area contributed by atoms with E-state index in [0.29, 0.717) is 30.2 Å².